The molecule has 0 bridgehead atoms. The Morgan fingerprint density at radius 2 is 1.80 bits per heavy atom. The number of aromatic nitrogens is 2. The summed E-state index contributed by atoms with van der Waals surface area (Å²) < 4.78 is 0. The number of halogens is 2. The third kappa shape index (κ3) is 3.55. The number of hydrogen-bond donors (Lipinski definition) is 1. The molecule has 1 N–H and O–H groups in total. The summed E-state index contributed by atoms with van der Waals surface area (Å²) in [6.07, 6.45) is 2.77. The third-order valence-electron chi connectivity index (χ3n) is 4.25. The van der Waals surface area contributed by atoms with Gasteiger partial charge in [0.15, 0.2) is 0 Å². The van der Waals surface area contributed by atoms with Crippen LogP contribution >= 0.6 is 23.2 Å². The molecule has 1 aliphatic heterocycles. The Morgan fingerprint density at radius 3 is 2.64 bits per heavy atom. The predicted molar refractivity (Wildman–Crippen MR) is 103 cm³/mol. The maximum atomic E-state index is 6.07. The molecule has 0 amide bonds. The van der Waals surface area contributed by atoms with Gasteiger partial charge in [-0.15, -0.1) is 0 Å². The molecule has 3 aromatic rings. The molecule has 0 fully saturated rings. The van der Waals surface area contributed by atoms with Gasteiger partial charge in [-0.2, -0.15) is 4.98 Å². The molecule has 0 saturated carbocycles. The van der Waals surface area contributed by atoms with E-state index in [4.69, 9.17) is 23.2 Å². The summed E-state index contributed by atoms with van der Waals surface area (Å²) >= 11 is 12.0. The molecule has 0 spiro atoms. The lowest BCUT2D eigenvalue weighted by Gasteiger charge is -2.28. The summed E-state index contributed by atoms with van der Waals surface area (Å²) in [5, 5.41) is 4.29. The second kappa shape index (κ2) is 6.90. The molecule has 0 saturated heterocycles. The van der Waals surface area contributed by atoms with Crippen molar-refractivity contribution in [1.82, 2.24) is 9.97 Å². The fourth-order valence-corrected chi connectivity index (χ4v) is 3.26. The van der Waals surface area contributed by atoms with Crippen LogP contribution in [0.2, 0.25) is 10.0 Å². The fourth-order valence-electron chi connectivity index (χ4n) is 2.96. The number of hydrogen-bond acceptors (Lipinski definition) is 4. The van der Waals surface area contributed by atoms with Crippen LogP contribution in [-0.2, 0) is 13.0 Å². The van der Waals surface area contributed by atoms with Crippen molar-refractivity contribution in [2.45, 2.75) is 13.0 Å². The van der Waals surface area contributed by atoms with Crippen molar-refractivity contribution in [3.05, 3.63) is 75.9 Å². The van der Waals surface area contributed by atoms with Crippen LogP contribution in [0, 0.1) is 0 Å². The van der Waals surface area contributed by atoms with Gasteiger partial charge in [0.1, 0.15) is 5.82 Å². The van der Waals surface area contributed by atoms with E-state index in [9.17, 15) is 0 Å². The average Bonchev–Trinajstić information content (AvgIpc) is 2.65. The van der Waals surface area contributed by atoms with Crippen LogP contribution in [0.25, 0.3) is 0 Å². The summed E-state index contributed by atoms with van der Waals surface area (Å²) in [6, 6.07) is 15.8. The van der Waals surface area contributed by atoms with Crippen LogP contribution < -0.4 is 10.2 Å². The van der Waals surface area contributed by atoms with Crippen LogP contribution in [0.15, 0.2) is 54.7 Å². The van der Waals surface area contributed by atoms with Crippen LogP contribution in [0.4, 0.5) is 17.5 Å². The van der Waals surface area contributed by atoms with Crippen LogP contribution in [0.1, 0.15) is 11.1 Å². The van der Waals surface area contributed by atoms with Crippen molar-refractivity contribution in [3.63, 3.8) is 0 Å². The smallest absolute Gasteiger partial charge is 0.227 e. The van der Waals surface area contributed by atoms with Gasteiger partial charge in [0, 0.05) is 25.0 Å². The number of nitrogens with one attached hydrogen (secondary N) is 1. The van der Waals surface area contributed by atoms with Crippen molar-refractivity contribution < 1.29 is 0 Å². The molecule has 0 atom stereocenters. The molecular formula is C19H16Cl2N4. The fraction of sp³-hybridized carbons (Fsp3) is 0.158. The lowest BCUT2D eigenvalue weighted by molar-refractivity contribution is 0.708. The molecule has 126 valence electrons. The van der Waals surface area contributed by atoms with Gasteiger partial charge >= 0.3 is 0 Å². The Labute approximate surface area is 156 Å². The maximum Gasteiger partial charge on any atom is 0.227 e. The van der Waals surface area contributed by atoms with E-state index in [2.05, 4.69) is 44.5 Å². The van der Waals surface area contributed by atoms with E-state index >= 15 is 0 Å². The first-order chi connectivity index (χ1) is 12.2. The molecule has 2 heterocycles. The van der Waals surface area contributed by atoms with Crippen molar-refractivity contribution >= 4 is 40.7 Å². The minimum Gasteiger partial charge on any atom is -0.340 e. The standard InChI is InChI=1S/C19H16Cl2N4/c20-16-6-5-15(11-17(16)21)23-18-7-9-22-19(24-18)25-10-8-13-3-1-2-4-14(13)12-25/h1-7,9,11H,8,10,12H2,(H,22,23,24). The van der Waals surface area contributed by atoms with Gasteiger partial charge < -0.3 is 10.2 Å². The van der Waals surface area contributed by atoms with Gasteiger partial charge in [-0.1, -0.05) is 47.5 Å². The van der Waals surface area contributed by atoms with Gasteiger partial charge in [-0.25, -0.2) is 4.98 Å². The topological polar surface area (TPSA) is 41.1 Å². The maximum absolute atomic E-state index is 6.07. The van der Waals surface area contributed by atoms with Crippen molar-refractivity contribution in [2.75, 3.05) is 16.8 Å². The lowest BCUT2D eigenvalue weighted by atomic mass is 10.0. The zero-order valence-electron chi connectivity index (χ0n) is 13.4. The van der Waals surface area contributed by atoms with E-state index in [1.54, 1.807) is 18.3 Å². The number of anilines is 3. The predicted octanol–water partition coefficient (Wildman–Crippen LogP) is 5.09. The SMILES string of the molecule is Clc1ccc(Nc2ccnc(N3CCc4ccccc4C3)n2)cc1Cl. The van der Waals surface area contributed by atoms with E-state index in [0.717, 1.165) is 37.0 Å². The zero-order chi connectivity index (χ0) is 17.2. The van der Waals surface area contributed by atoms with Crippen molar-refractivity contribution in [2.24, 2.45) is 0 Å². The lowest BCUT2D eigenvalue weighted by Crippen LogP contribution is -2.31. The van der Waals surface area contributed by atoms with Crippen molar-refractivity contribution in [3.8, 4) is 0 Å². The third-order valence-corrected chi connectivity index (χ3v) is 4.99. The molecule has 0 unspecified atom stereocenters. The molecule has 2 aromatic carbocycles. The zero-order valence-corrected chi connectivity index (χ0v) is 14.9. The van der Waals surface area contributed by atoms with E-state index in [1.807, 2.05) is 12.1 Å². The molecule has 6 heteroatoms. The first-order valence-corrected chi connectivity index (χ1v) is 8.81. The van der Waals surface area contributed by atoms with Crippen LogP contribution in [-0.4, -0.2) is 16.5 Å². The Balaban J connectivity index is 1.55. The molecule has 25 heavy (non-hydrogen) atoms. The highest BCUT2D eigenvalue weighted by Crippen LogP contribution is 2.27. The second-order valence-electron chi connectivity index (χ2n) is 5.94. The molecule has 4 nitrogen and oxygen atoms in total. The molecule has 0 aliphatic carbocycles. The van der Waals surface area contributed by atoms with E-state index in [1.165, 1.54) is 11.1 Å². The average molecular weight is 371 g/mol. The molecule has 4 rings (SSSR count). The largest absolute Gasteiger partial charge is 0.340 e. The van der Waals surface area contributed by atoms with Gasteiger partial charge in [0.05, 0.1) is 10.0 Å². The number of nitrogens with zero attached hydrogens (tertiary/aromatic N) is 3. The highest BCUT2D eigenvalue weighted by atomic mass is 35.5. The Morgan fingerprint density at radius 1 is 0.960 bits per heavy atom. The first kappa shape index (κ1) is 16.2. The highest BCUT2D eigenvalue weighted by molar-refractivity contribution is 6.42. The van der Waals surface area contributed by atoms with E-state index in [-0.39, 0.29) is 0 Å². The van der Waals surface area contributed by atoms with Gasteiger partial charge in [-0.05, 0) is 41.8 Å². The number of fused-ring (bicyclic) bond motifs is 1. The quantitative estimate of drug-likeness (QED) is 0.696. The van der Waals surface area contributed by atoms with E-state index in [0.29, 0.717) is 10.0 Å². The normalized spacial score (nSPS) is 13.4. The number of rotatable bonds is 3. The van der Waals surface area contributed by atoms with Crippen molar-refractivity contribution in [1.29, 1.82) is 0 Å². The number of benzene rings is 2. The summed E-state index contributed by atoms with van der Waals surface area (Å²) in [7, 11) is 0. The molecule has 1 aromatic heterocycles. The Bertz CT molecular complexity index is 913. The van der Waals surface area contributed by atoms with Crippen LogP contribution in [0.3, 0.4) is 0 Å². The Hall–Kier alpha value is -2.30. The summed E-state index contributed by atoms with van der Waals surface area (Å²) in [5.74, 6) is 1.45. The summed E-state index contributed by atoms with van der Waals surface area (Å²) in [5.41, 5.74) is 3.58. The van der Waals surface area contributed by atoms with Gasteiger partial charge in [0.2, 0.25) is 5.95 Å². The minimum absolute atomic E-state index is 0.508. The highest BCUT2D eigenvalue weighted by Gasteiger charge is 2.18. The Kier molecular flexibility index (Phi) is 4.47. The monoisotopic (exact) mass is 370 g/mol. The molecule has 1 aliphatic rings. The molecule has 0 radical (unpaired) electrons. The minimum atomic E-state index is 0.508. The van der Waals surface area contributed by atoms with Gasteiger partial charge in [0.25, 0.3) is 0 Å². The van der Waals surface area contributed by atoms with E-state index < -0.39 is 0 Å². The summed E-state index contributed by atoms with van der Waals surface area (Å²) in [6.45, 7) is 1.74. The molecular weight excluding hydrogens is 355 g/mol. The second-order valence-corrected chi connectivity index (χ2v) is 6.75. The van der Waals surface area contributed by atoms with Gasteiger partial charge in [-0.3, -0.25) is 0 Å². The van der Waals surface area contributed by atoms with Crippen LogP contribution in [0.5, 0.6) is 0 Å². The summed E-state index contributed by atoms with van der Waals surface area (Å²) in [4.78, 5) is 11.3. The first-order valence-electron chi connectivity index (χ1n) is 8.06.